The number of carbonyl (C=O) groups is 1. The third kappa shape index (κ3) is 3.75. The number of anilines is 1. The van der Waals surface area contributed by atoms with Gasteiger partial charge in [0.05, 0.1) is 6.20 Å². The number of hydrogen-bond acceptors (Lipinski definition) is 6. The van der Waals surface area contributed by atoms with Crippen molar-refractivity contribution in [2.75, 3.05) is 18.5 Å². The van der Waals surface area contributed by atoms with Gasteiger partial charge in [-0.2, -0.15) is 0 Å². The zero-order chi connectivity index (χ0) is 14.8. The minimum atomic E-state index is -3.63. The Labute approximate surface area is 121 Å². The number of thiazole rings is 1. The summed E-state index contributed by atoms with van der Waals surface area (Å²) in [5.74, 6) is -0.285. The van der Waals surface area contributed by atoms with Crippen molar-refractivity contribution in [3.05, 3.63) is 6.20 Å². The number of sulfonamides is 1. The lowest BCUT2D eigenvalue weighted by molar-refractivity contribution is -0.114. The van der Waals surface area contributed by atoms with Crippen molar-refractivity contribution < 1.29 is 17.9 Å². The fourth-order valence-electron chi connectivity index (χ4n) is 1.89. The van der Waals surface area contributed by atoms with E-state index in [0.717, 1.165) is 11.3 Å². The number of aromatic nitrogens is 1. The van der Waals surface area contributed by atoms with Crippen LogP contribution in [0, 0.1) is 0 Å². The number of nitrogens with zero attached hydrogens (tertiary/aromatic N) is 1. The lowest BCUT2D eigenvalue weighted by Gasteiger charge is -2.33. The van der Waals surface area contributed by atoms with Crippen LogP contribution >= 0.6 is 11.3 Å². The molecule has 0 radical (unpaired) electrons. The van der Waals surface area contributed by atoms with Crippen LogP contribution in [0.15, 0.2) is 10.4 Å². The maximum absolute atomic E-state index is 12.3. The SMILES string of the molecule is CC(=O)Nc1ncc(S(=O)(=O)NC2(C)CCOCC2)s1. The number of nitrogens with one attached hydrogen (secondary N) is 2. The Bertz CT molecular complexity index is 591. The summed E-state index contributed by atoms with van der Waals surface area (Å²) in [5.41, 5.74) is -0.505. The van der Waals surface area contributed by atoms with Gasteiger partial charge in [0.15, 0.2) is 9.34 Å². The van der Waals surface area contributed by atoms with E-state index in [1.54, 1.807) is 0 Å². The van der Waals surface area contributed by atoms with Crippen LogP contribution in [0.4, 0.5) is 5.13 Å². The number of amides is 1. The molecule has 2 heterocycles. The van der Waals surface area contributed by atoms with Crippen molar-refractivity contribution in [2.24, 2.45) is 0 Å². The number of hydrogen-bond donors (Lipinski definition) is 2. The third-order valence-corrected chi connectivity index (χ3v) is 6.02. The van der Waals surface area contributed by atoms with E-state index < -0.39 is 15.6 Å². The standard InChI is InChI=1S/C11H17N3O4S2/c1-8(15)13-10-12-7-9(19-10)20(16,17)14-11(2)3-5-18-6-4-11/h7,14H,3-6H2,1-2H3,(H,12,13,15). The minimum absolute atomic E-state index is 0.0916. The molecular weight excluding hydrogens is 302 g/mol. The predicted molar refractivity (Wildman–Crippen MR) is 75.2 cm³/mol. The molecule has 0 aliphatic carbocycles. The quantitative estimate of drug-likeness (QED) is 0.861. The molecule has 2 rings (SSSR count). The summed E-state index contributed by atoms with van der Waals surface area (Å²) in [6, 6.07) is 0. The normalized spacial score (nSPS) is 18.7. The zero-order valence-corrected chi connectivity index (χ0v) is 12.9. The first-order valence-corrected chi connectivity index (χ1v) is 8.46. The molecule has 1 saturated heterocycles. The smallest absolute Gasteiger partial charge is 0.252 e. The van der Waals surface area contributed by atoms with E-state index in [4.69, 9.17) is 4.74 Å². The van der Waals surface area contributed by atoms with Crippen LogP contribution in [-0.2, 0) is 19.6 Å². The summed E-state index contributed by atoms with van der Waals surface area (Å²) < 4.78 is 32.7. The van der Waals surface area contributed by atoms with Gasteiger partial charge in [-0.3, -0.25) is 4.79 Å². The summed E-state index contributed by atoms with van der Waals surface area (Å²) in [6.45, 7) is 4.29. The summed E-state index contributed by atoms with van der Waals surface area (Å²) in [4.78, 5) is 14.8. The zero-order valence-electron chi connectivity index (χ0n) is 11.3. The van der Waals surface area contributed by atoms with Gasteiger partial charge in [-0.1, -0.05) is 11.3 Å². The van der Waals surface area contributed by atoms with Crippen molar-refractivity contribution in [3.8, 4) is 0 Å². The average molecular weight is 319 g/mol. The molecule has 112 valence electrons. The Hall–Kier alpha value is -1.03. The van der Waals surface area contributed by atoms with Crippen LogP contribution in [0.1, 0.15) is 26.7 Å². The summed E-state index contributed by atoms with van der Waals surface area (Å²) in [5, 5.41) is 2.74. The Morgan fingerprint density at radius 3 is 2.70 bits per heavy atom. The van der Waals surface area contributed by atoms with Crippen LogP contribution < -0.4 is 10.0 Å². The lowest BCUT2D eigenvalue weighted by atomic mass is 9.94. The molecule has 0 bridgehead atoms. The largest absolute Gasteiger partial charge is 0.381 e. The van der Waals surface area contributed by atoms with E-state index in [1.165, 1.54) is 13.1 Å². The maximum Gasteiger partial charge on any atom is 0.252 e. The average Bonchev–Trinajstić information content (AvgIpc) is 2.77. The van der Waals surface area contributed by atoms with Crippen molar-refractivity contribution >= 4 is 32.4 Å². The summed E-state index contributed by atoms with van der Waals surface area (Å²) in [6.07, 6.45) is 2.51. The minimum Gasteiger partial charge on any atom is -0.381 e. The second kappa shape index (κ2) is 5.76. The summed E-state index contributed by atoms with van der Waals surface area (Å²) >= 11 is 0.931. The highest BCUT2D eigenvalue weighted by molar-refractivity contribution is 7.91. The molecule has 2 N–H and O–H groups in total. The van der Waals surface area contributed by atoms with Gasteiger partial charge in [-0.15, -0.1) is 0 Å². The second-order valence-corrected chi connectivity index (χ2v) is 7.88. The molecule has 0 saturated carbocycles. The molecule has 1 aliphatic rings. The first kappa shape index (κ1) is 15.4. The van der Waals surface area contributed by atoms with E-state index in [-0.39, 0.29) is 15.2 Å². The monoisotopic (exact) mass is 319 g/mol. The molecule has 1 aliphatic heterocycles. The molecule has 0 aromatic carbocycles. The molecule has 1 fully saturated rings. The van der Waals surface area contributed by atoms with Crippen LogP contribution in [0.2, 0.25) is 0 Å². The first-order valence-electron chi connectivity index (χ1n) is 6.16. The van der Waals surface area contributed by atoms with Crippen molar-refractivity contribution in [1.29, 1.82) is 0 Å². The molecular formula is C11H17N3O4S2. The van der Waals surface area contributed by atoms with Crippen LogP contribution in [-0.4, -0.2) is 38.1 Å². The lowest BCUT2D eigenvalue weighted by Crippen LogP contribution is -2.49. The maximum atomic E-state index is 12.3. The highest BCUT2D eigenvalue weighted by atomic mass is 32.2. The molecule has 20 heavy (non-hydrogen) atoms. The van der Waals surface area contributed by atoms with Gasteiger partial charge in [-0.25, -0.2) is 18.1 Å². The summed E-state index contributed by atoms with van der Waals surface area (Å²) in [7, 11) is -3.63. The van der Waals surface area contributed by atoms with Crippen LogP contribution in [0.5, 0.6) is 0 Å². The van der Waals surface area contributed by atoms with Gasteiger partial charge in [-0.05, 0) is 19.8 Å². The van der Waals surface area contributed by atoms with Gasteiger partial charge >= 0.3 is 0 Å². The number of carbonyl (C=O) groups excluding carboxylic acids is 1. The predicted octanol–water partition coefficient (Wildman–Crippen LogP) is 0.949. The number of ether oxygens (including phenoxy) is 1. The van der Waals surface area contributed by atoms with E-state index in [9.17, 15) is 13.2 Å². The Morgan fingerprint density at radius 1 is 1.45 bits per heavy atom. The van der Waals surface area contributed by atoms with E-state index in [2.05, 4.69) is 15.0 Å². The van der Waals surface area contributed by atoms with Crippen molar-refractivity contribution in [2.45, 2.75) is 36.4 Å². The van der Waals surface area contributed by atoms with E-state index in [1.807, 2.05) is 6.92 Å². The Kier molecular flexibility index (Phi) is 4.43. The highest BCUT2D eigenvalue weighted by Crippen LogP contribution is 2.27. The molecule has 1 amide bonds. The van der Waals surface area contributed by atoms with Crippen LogP contribution in [0.3, 0.4) is 0 Å². The highest BCUT2D eigenvalue weighted by Gasteiger charge is 2.33. The fourth-order valence-corrected chi connectivity index (χ4v) is 4.43. The number of rotatable bonds is 4. The molecule has 1 aromatic heterocycles. The fraction of sp³-hybridized carbons (Fsp3) is 0.636. The Balaban J connectivity index is 2.13. The van der Waals surface area contributed by atoms with Crippen LogP contribution in [0.25, 0.3) is 0 Å². The molecule has 1 aromatic rings. The van der Waals surface area contributed by atoms with Gasteiger partial charge in [0.2, 0.25) is 5.91 Å². The molecule has 7 nitrogen and oxygen atoms in total. The van der Waals surface area contributed by atoms with Gasteiger partial charge in [0, 0.05) is 25.7 Å². The van der Waals surface area contributed by atoms with Gasteiger partial charge < -0.3 is 10.1 Å². The van der Waals surface area contributed by atoms with E-state index >= 15 is 0 Å². The molecule has 0 atom stereocenters. The van der Waals surface area contributed by atoms with Crippen molar-refractivity contribution in [3.63, 3.8) is 0 Å². The van der Waals surface area contributed by atoms with Gasteiger partial charge in [0.1, 0.15) is 0 Å². The van der Waals surface area contributed by atoms with Crippen molar-refractivity contribution in [1.82, 2.24) is 9.71 Å². The molecule has 0 spiro atoms. The second-order valence-electron chi connectivity index (χ2n) is 4.94. The van der Waals surface area contributed by atoms with Gasteiger partial charge in [0.25, 0.3) is 10.0 Å². The topological polar surface area (TPSA) is 97.4 Å². The Morgan fingerprint density at radius 2 is 2.10 bits per heavy atom. The molecule has 9 heteroatoms. The third-order valence-electron chi connectivity index (χ3n) is 3.01. The first-order chi connectivity index (χ1) is 9.31. The van der Waals surface area contributed by atoms with E-state index in [0.29, 0.717) is 26.1 Å². The molecule has 0 unspecified atom stereocenters.